The van der Waals surface area contributed by atoms with Gasteiger partial charge in [0.1, 0.15) is 0 Å². The van der Waals surface area contributed by atoms with Gasteiger partial charge in [-0.1, -0.05) is 24.3 Å². The van der Waals surface area contributed by atoms with Crippen LogP contribution in [0.15, 0.2) is 42.5 Å². The lowest BCUT2D eigenvalue weighted by Gasteiger charge is -2.13. The van der Waals surface area contributed by atoms with Gasteiger partial charge < -0.3 is 10.4 Å². The van der Waals surface area contributed by atoms with Gasteiger partial charge in [0.2, 0.25) is 0 Å². The summed E-state index contributed by atoms with van der Waals surface area (Å²) in [5.41, 5.74) is 2.27. The van der Waals surface area contributed by atoms with Crippen LogP contribution in [0.1, 0.15) is 29.2 Å². The molecule has 1 aliphatic rings. The lowest BCUT2D eigenvalue weighted by atomic mass is 9.98. The van der Waals surface area contributed by atoms with Crippen LogP contribution in [0.25, 0.3) is 11.1 Å². The van der Waals surface area contributed by atoms with Gasteiger partial charge in [-0.2, -0.15) is 13.2 Å². The number of nitrogens with one attached hydrogen (secondary N) is 1. The van der Waals surface area contributed by atoms with Gasteiger partial charge in [0, 0.05) is 0 Å². The highest BCUT2D eigenvalue weighted by atomic mass is 19.4. The van der Waals surface area contributed by atoms with Crippen LogP contribution in [0.4, 0.5) is 18.0 Å². The van der Waals surface area contributed by atoms with E-state index in [9.17, 15) is 18.0 Å². The average Bonchev–Trinajstić information content (AvgIpc) is 2.88. The summed E-state index contributed by atoms with van der Waals surface area (Å²) >= 11 is 0. The smallest absolute Gasteiger partial charge is 0.416 e. The highest BCUT2D eigenvalue weighted by Gasteiger charge is 2.30. The molecular formula is C17H14F3NO2. The number of alkyl halides is 3. The van der Waals surface area contributed by atoms with Gasteiger partial charge in [-0.15, -0.1) is 0 Å². The molecule has 3 rings (SSSR count). The first-order chi connectivity index (χ1) is 10.8. The molecule has 0 aromatic heterocycles. The second-order valence-electron chi connectivity index (χ2n) is 5.53. The zero-order chi connectivity index (χ0) is 16.6. The van der Waals surface area contributed by atoms with Crippen molar-refractivity contribution < 1.29 is 23.1 Å². The van der Waals surface area contributed by atoms with Crippen molar-refractivity contribution in [2.24, 2.45) is 0 Å². The number of hydrogen-bond donors (Lipinski definition) is 2. The first kappa shape index (κ1) is 15.4. The Morgan fingerprint density at radius 2 is 1.87 bits per heavy atom. The quantitative estimate of drug-likeness (QED) is 0.847. The predicted molar refractivity (Wildman–Crippen MR) is 79.1 cm³/mol. The van der Waals surface area contributed by atoms with Crippen molar-refractivity contribution in [3.8, 4) is 11.1 Å². The largest absolute Gasteiger partial charge is 0.465 e. The standard InChI is InChI=1S/C17H14F3NO2/c18-17(19,20)13-3-1-2-11(8-13)12-5-4-10-6-7-15(14(10)9-12)21-16(22)23/h1-5,8-9,15,21H,6-7H2,(H,22,23). The number of halogens is 3. The number of benzene rings is 2. The van der Waals surface area contributed by atoms with E-state index >= 15 is 0 Å². The van der Waals surface area contributed by atoms with Gasteiger partial charge in [-0.3, -0.25) is 0 Å². The molecule has 2 N–H and O–H groups in total. The summed E-state index contributed by atoms with van der Waals surface area (Å²) in [6.45, 7) is 0. The van der Waals surface area contributed by atoms with E-state index in [1.165, 1.54) is 6.07 Å². The van der Waals surface area contributed by atoms with Gasteiger partial charge in [-0.05, 0) is 53.3 Å². The first-order valence-corrected chi connectivity index (χ1v) is 7.14. The van der Waals surface area contributed by atoms with Crippen LogP contribution in [0, 0.1) is 0 Å². The maximum Gasteiger partial charge on any atom is 0.416 e. The molecule has 0 aliphatic heterocycles. The fourth-order valence-corrected chi connectivity index (χ4v) is 2.96. The lowest BCUT2D eigenvalue weighted by molar-refractivity contribution is -0.137. The number of amides is 1. The van der Waals surface area contributed by atoms with Crippen LogP contribution < -0.4 is 5.32 Å². The van der Waals surface area contributed by atoms with Gasteiger partial charge >= 0.3 is 12.3 Å². The molecule has 1 aliphatic carbocycles. The minimum atomic E-state index is -4.39. The minimum absolute atomic E-state index is 0.312. The molecule has 2 aromatic carbocycles. The fraction of sp³-hybridized carbons (Fsp3) is 0.235. The summed E-state index contributed by atoms with van der Waals surface area (Å²) in [6, 6.07) is 10.2. The Bertz CT molecular complexity index is 756. The molecule has 0 saturated heterocycles. The molecule has 0 radical (unpaired) electrons. The summed E-state index contributed by atoms with van der Waals surface area (Å²) in [4.78, 5) is 10.8. The minimum Gasteiger partial charge on any atom is -0.465 e. The van der Waals surface area contributed by atoms with Crippen molar-refractivity contribution in [3.63, 3.8) is 0 Å². The van der Waals surface area contributed by atoms with E-state index in [0.717, 1.165) is 29.7 Å². The lowest BCUT2D eigenvalue weighted by Crippen LogP contribution is -2.24. The van der Waals surface area contributed by atoms with E-state index in [-0.39, 0.29) is 6.04 Å². The van der Waals surface area contributed by atoms with Crippen molar-refractivity contribution in [2.45, 2.75) is 25.1 Å². The van der Waals surface area contributed by atoms with E-state index in [1.807, 2.05) is 6.07 Å². The highest BCUT2D eigenvalue weighted by molar-refractivity contribution is 5.68. The molecule has 120 valence electrons. The van der Waals surface area contributed by atoms with Crippen LogP contribution in [0.5, 0.6) is 0 Å². The zero-order valence-corrected chi connectivity index (χ0v) is 12.0. The summed E-state index contributed by atoms with van der Waals surface area (Å²) in [5.74, 6) is 0. The summed E-state index contributed by atoms with van der Waals surface area (Å²) < 4.78 is 38.5. The maximum atomic E-state index is 12.8. The van der Waals surface area contributed by atoms with Crippen molar-refractivity contribution in [1.82, 2.24) is 5.32 Å². The third-order valence-electron chi connectivity index (χ3n) is 4.04. The molecule has 0 bridgehead atoms. The molecule has 3 nitrogen and oxygen atoms in total. The Hall–Kier alpha value is -2.50. The fourth-order valence-electron chi connectivity index (χ4n) is 2.96. The highest BCUT2D eigenvalue weighted by Crippen LogP contribution is 2.36. The van der Waals surface area contributed by atoms with Crippen LogP contribution in [0.2, 0.25) is 0 Å². The van der Waals surface area contributed by atoms with Crippen molar-refractivity contribution in [3.05, 3.63) is 59.2 Å². The molecule has 1 atom stereocenters. The SMILES string of the molecule is O=C(O)NC1CCc2ccc(-c3cccc(C(F)(F)F)c3)cc21. The van der Waals surface area contributed by atoms with E-state index in [4.69, 9.17) is 5.11 Å². The third-order valence-corrected chi connectivity index (χ3v) is 4.04. The molecular weight excluding hydrogens is 307 g/mol. The number of aryl methyl sites for hydroxylation is 1. The average molecular weight is 321 g/mol. The number of hydrogen-bond acceptors (Lipinski definition) is 1. The number of carbonyl (C=O) groups is 1. The molecule has 6 heteroatoms. The molecule has 0 fully saturated rings. The molecule has 1 amide bonds. The Morgan fingerprint density at radius 1 is 1.13 bits per heavy atom. The summed E-state index contributed by atoms with van der Waals surface area (Å²) in [7, 11) is 0. The Kier molecular flexibility index (Phi) is 3.75. The van der Waals surface area contributed by atoms with Crippen LogP contribution in [-0.4, -0.2) is 11.2 Å². The monoisotopic (exact) mass is 321 g/mol. The molecule has 1 unspecified atom stereocenters. The van der Waals surface area contributed by atoms with Gasteiger partial charge in [0.25, 0.3) is 0 Å². The van der Waals surface area contributed by atoms with Crippen LogP contribution in [0.3, 0.4) is 0 Å². The van der Waals surface area contributed by atoms with E-state index in [2.05, 4.69) is 5.32 Å². The second kappa shape index (κ2) is 5.61. The van der Waals surface area contributed by atoms with Crippen LogP contribution >= 0.6 is 0 Å². The van der Waals surface area contributed by atoms with E-state index in [1.54, 1.807) is 18.2 Å². The van der Waals surface area contributed by atoms with Crippen molar-refractivity contribution in [1.29, 1.82) is 0 Å². The Labute approximate surface area is 130 Å². The van der Waals surface area contributed by atoms with E-state index < -0.39 is 17.8 Å². The van der Waals surface area contributed by atoms with Crippen molar-refractivity contribution >= 4 is 6.09 Å². The Morgan fingerprint density at radius 3 is 2.57 bits per heavy atom. The topological polar surface area (TPSA) is 49.3 Å². The molecule has 2 aromatic rings. The second-order valence-corrected chi connectivity index (χ2v) is 5.53. The third kappa shape index (κ3) is 3.16. The van der Waals surface area contributed by atoms with Crippen LogP contribution in [-0.2, 0) is 12.6 Å². The maximum absolute atomic E-state index is 12.8. The number of rotatable bonds is 2. The molecule has 0 heterocycles. The molecule has 23 heavy (non-hydrogen) atoms. The zero-order valence-electron chi connectivity index (χ0n) is 12.0. The molecule has 0 saturated carbocycles. The van der Waals surface area contributed by atoms with E-state index in [0.29, 0.717) is 17.5 Å². The van der Waals surface area contributed by atoms with Gasteiger partial charge in [-0.25, -0.2) is 4.79 Å². The predicted octanol–water partition coefficient (Wildman–Crippen LogP) is 4.63. The summed E-state index contributed by atoms with van der Waals surface area (Å²) in [5, 5.41) is 11.3. The van der Waals surface area contributed by atoms with Gasteiger partial charge in [0.15, 0.2) is 0 Å². The molecule has 0 spiro atoms. The first-order valence-electron chi connectivity index (χ1n) is 7.14. The number of fused-ring (bicyclic) bond motifs is 1. The normalized spacial score (nSPS) is 16.9. The number of carboxylic acid groups (broad SMARTS) is 1. The van der Waals surface area contributed by atoms with Gasteiger partial charge in [0.05, 0.1) is 11.6 Å². The summed E-state index contributed by atoms with van der Waals surface area (Å²) in [6.07, 6.45) is -4.08. The van der Waals surface area contributed by atoms with Crippen molar-refractivity contribution in [2.75, 3.05) is 0 Å². The Balaban J connectivity index is 1.98.